The molecule has 1 atom stereocenters. The molecule has 4 nitrogen and oxygen atoms in total. The van der Waals surface area contributed by atoms with E-state index in [0.29, 0.717) is 12.8 Å². The molecule has 0 unspecified atom stereocenters. The number of hydrogen-bond acceptors (Lipinski definition) is 3. The number of ether oxygens (including phenoxy) is 1. The predicted molar refractivity (Wildman–Crippen MR) is 105 cm³/mol. The van der Waals surface area contributed by atoms with E-state index in [1.165, 1.54) is 26.2 Å². The van der Waals surface area contributed by atoms with Gasteiger partial charge in [-0.1, -0.05) is 48.6 Å². The molecule has 0 spiro atoms. The summed E-state index contributed by atoms with van der Waals surface area (Å²) >= 11 is 0. The van der Waals surface area contributed by atoms with Crippen LogP contribution in [0.15, 0.2) is 48.5 Å². The number of carbonyl (C=O) groups excluding carboxylic acids is 2. The molecule has 0 saturated carbocycles. The molecule has 0 fully saturated rings. The van der Waals surface area contributed by atoms with E-state index in [1.807, 2.05) is 42.5 Å². The second-order valence-corrected chi connectivity index (χ2v) is 6.30. The molecule has 1 amide bonds. The second-order valence-electron chi connectivity index (χ2n) is 6.30. The van der Waals surface area contributed by atoms with Crippen LogP contribution >= 0.6 is 0 Å². The normalized spacial score (nSPS) is 12.1. The van der Waals surface area contributed by atoms with Crippen molar-refractivity contribution in [1.29, 1.82) is 0 Å². The minimum atomic E-state index is -0.610. The summed E-state index contributed by atoms with van der Waals surface area (Å²) < 4.78 is 18.2. The average molecular weight is 369 g/mol. The zero-order valence-electron chi connectivity index (χ0n) is 15.6. The number of rotatable bonds is 9. The van der Waals surface area contributed by atoms with Gasteiger partial charge < -0.3 is 10.1 Å². The fourth-order valence-corrected chi connectivity index (χ4v) is 2.67. The Labute approximate surface area is 159 Å². The van der Waals surface area contributed by atoms with Crippen molar-refractivity contribution in [1.82, 2.24) is 5.32 Å². The molecule has 0 aliphatic rings. The maximum absolute atomic E-state index is 13.2. The Morgan fingerprint density at radius 3 is 2.44 bits per heavy atom. The lowest BCUT2D eigenvalue weighted by atomic mass is 10.0. The number of aryl methyl sites for hydroxylation is 1. The highest BCUT2D eigenvalue weighted by molar-refractivity contribution is 5.88. The molecule has 0 aromatic heterocycles. The number of amides is 1. The molecule has 0 aliphatic heterocycles. The van der Waals surface area contributed by atoms with E-state index in [1.54, 1.807) is 6.07 Å². The van der Waals surface area contributed by atoms with Crippen LogP contribution in [0, 0.1) is 5.82 Å². The number of carbonyl (C=O) groups is 2. The van der Waals surface area contributed by atoms with Gasteiger partial charge in [-0.2, -0.15) is 0 Å². The van der Waals surface area contributed by atoms with Crippen LogP contribution in [-0.4, -0.2) is 31.4 Å². The van der Waals surface area contributed by atoms with Gasteiger partial charge in [-0.15, -0.1) is 0 Å². The first-order valence-corrected chi connectivity index (χ1v) is 8.79. The Morgan fingerprint density at radius 1 is 1.11 bits per heavy atom. The number of methoxy groups -OCH3 is 1. The SMILES string of the molecule is COC[C@@H](NC(C)=O)C(=O)CCc1ccc(C=Cc2cccc(F)c2)cc1. The molecular formula is C22H24FNO3. The standard InChI is InChI=1S/C22H24FNO3/c1-16(25)24-21(15-27-2)22(26)13-12-18-8-6-17(7-9-18)10-11-19-4-3-5-20(23)14-19/h3-11,14,21H,12-13,15H2,1-2H3,(H,24,25)/t21-/m1/s1. The summed E-state index contributed by atoms with van der Waals surface area (Å²) in [4.78, 5) is 23.4. The summed E-state index contributed by atoms with van der Waals surface area (Å²) in [7, 11) is 1.50. The Bertz CT molecular complexity index is 799. The number of ketones is 1. The monoisotopic (exact) mass is 369 g/mol. The maximum Gasteiger partial charge on any atom is 0.217 e. The zero-order valence-corrected chi connectivity index (χ0v) is 15.6. The van der Waals surface area contributed by atoms with Crippen molar-refractivity contribution in [2.75, 3.05) is 13.7 Å². The smallest absolute Gasteiger partial charge is 0.217 e. The number of hydrogen-bond donors (Lipinski definition) is 1. The van der Waals surface area contributed by atoms with Crippen molar-refractivity contribution in [3.63, 3.8) is 0 Å². The van der Waals surface area contributed by atoms with Gasteiger partial charge in [0.25, 0.3) is 0 Å². The summed E-state index contributed by atoms with van der Waals surface area (Å²) in [6.07, 6.45) is 4.68. The lowest BCUT2D eigenvalue weighted by Crippen LogP contribution is -2.43. The van der Waals surface area contributed by atoms with E-state index < -0.39 is 6.04 Å². The quantitative estimate of drug-likeness (QED) is 0.687. The molecule has 0 aliphatic carbocycles. The average Bonchev–Trinajstić information content (AvgIpc) is 2.64. The van der Waals surface area contributed by atoms with Crippen LogP contribution in [0.4, 0.5) is 4.39 Å². The molecule has 142 valence electrons. The largest absolute Gasteiger partial charge is 0.382 e. The van der Waals surface area contributed by atoms with Crippen molar-refractivity contribution < 1.29 is 18.7 Å². The van der Waals surface area contributed by atoms with Crippen LogP contribution in [-0.2, 0) is 20.7 Å². The third-order valence-corrected chi connectivity index (χ3v) is 4.06. The minimum Gasteiger partial charge on any atom is -0.382 e. The number of halogens is 1. The van der Waals surface area contributed by atoms with E-state index in [0.717, 1.165) is 16.7 Å². The van der Waals surface area contributed by atoms with Crippen LogP contribution in [0.25, 0.3) is 12.2 Å². The highest BCUT2D eigenvalue weighted by Gasteiger charge is 2.18. The van der Waals surface area contributed by atoms with Crippen molar-refractivity contribution in [3.05, 3.63) is 71.0 Å². The van der Waals surface area contributed by atoms with Gasteiger partial charge in [-0.25, -0.2) is 4.39 Å². The summed E-state index contributed by atoms with van der Waals surface area (Å²) in [5.41, 5.74) is 2.82. The Morgan fingerprint density at radius 2 is 1.81 bits per heavy atom. The molecule has 0 bridgehead atoms. The van der Waals surface area contributed by atoms with E-state index in [9.17, 15) is 14.0 Å². The van der Waals surface area contributed by atoms with Crippen LogP contribution in [0.2, 0.25) is 0 Å². The highest BCUT2D eigenvalue weighted by atomic mass is 19.1. The summed E-state index contributed by atoms with van der Waals surface area (Å²) in [6, 6.07) is 13.6. The number of benzene rings is 2. The van der Waals surface area contributed by atoms with Gasteiger partial charge in [0.15, 0.2) is 5.78 Å². The van der Waals surface area contributed by atoms with Gasteiger partial charge in [0, 0.05) is 20.5 Å². The summed E-state index contributed by atoms with van der Waals surface area (Å²) in [5.74, 6) is -0.565. The molecule has 27 heavy (non-hydrogen) atoms. The van der Waals surface area contributed by atoms with E-state index in [2.05, 4.69) is 5.32 Å². The molecule has 0 heterocycles. The third-order valence-electron chi connectivity index (χ3n) is 4.06. The molecule has 5 heteroatoms. The van der Waals surface area contributed by atoms with Gasteiger partial charge in [-0.3, -0.25) is 9.59 Å². The van der Waals surface area contributed by atoms with Crippen LogP contribution < -0.4 is 5.32 Å². The topological polar surface area (TPSA) is 55.4 Å². The Balaban J connectivity index is 1.91. The van der Waals surface area contributed by atoms with Crippen LogP contribution in [0.3, 0.4) is 0 Å². The fourth-order valence-electron chi connectivity index (χ4n) is 2.67. The van der Waals surface area contributed by atoms with Gasteiger partial charge in [-0.05, 0) is 35.2 Å². The van der Waals surface area contributed by atoms with Gasteiger partial charge in [0.2, 0.25) is 5.91 Å². The van der Waals surface area contributed by atoms with Crippen LogP contribution in [0.1, 0.15) is 30.0 Å². The molecule has 1 N–H and O–H groups in total. The maximum atomic E-state index is 13.2. The number of Topliss-reactive ketones (excluding diaryl/α,β-unsaturated/α-hetero) is 1. The number of nitrogens with one attached hydrogen (secondary N) is 1. The Hall–Kier alpha value is -2.79. The van der Waals surface area contributed by atoms with E-state index in [-0.39, 0.29) is 24.1 Å². The first-order valence-electron chi connectivity index (χ1n) is 8.79. The van der Waals surface area contributed by atoms with E-state index >= 15 is 0 Å². The molecule has 2 aromatic carbocycles. The van der Waals surface area contributed by atoms with Crippen molar-refractivity contribution in [3.8, 4) is 0 Å². The minimum absolute atomic E-state index is 0.0536. The molecule has 2 aromatic rings. The second kappa shape index (κ2) is 10.4. The highest BCUT2D eigenvalue weighted by Crippen LogP contribution is 2.12. The first kappa shape index (κ1) is 20.5. The molecule has 2 rings (SSSR count). The Kier molecular flexibility index (Phi) is 7.89. The summed E-state index contributed by atoms with van der Waals surface area (Å²) in [5, 5.41) is 2.61. The fraction of sp³-hybridized carbons (Fsp3) is 0.273. The van der Waals surface area contributed by atoms with Crippen LogP contribution in [0.5, 0.6) is 0 Å². The lowest BCUT2D eigenvalue weighted by Gasteiger charge is -2.15. The summed E-state index contributed by atoms with van der Waals surface area (Å²) in [6.45, 7) is 1.55. The van der Waals surface area contributed by atoms with Crippen molar-refractivity contribution in [2.45, 2.75) is 25.8 Å². The van der Waals surface area contributed by atoms with Gasteiger partial charge >= 0.3 is 0 Å². The third kappa shape index (κ3) is 7.15. The molecular weight excluding hydrogens is 345 g/mol. The lowest BCUT2D eigenvalue weighted by molar-refractivity contribution is -0.128. The zero-order chi connectivity index (χ0) is 19.6. The molecule has 0 saturated heterocycles. The predicted octanol–water partition coefficient (Wildman–Crippen LogP) is 3.65. The molecule has 0 radical (unpaired) electrons. The van der Waals surface area contributed by atoms with Gasteiger partial charge in [0.05, 0.1) is 6.61 Å². The van der Waals surface area contributed by atoms with Crippen molar-refractivity contribution >= 4 is 23.8 Å². The first-order chi connectivity index (χ1) is 13.0. The van der Waals surface area contributed by atoms with Crippen molar-refractivity contribution in [2.24, 2.45) is 0 Å². The van der Waals surface area contributed by atoms with E-state index in [4.69, 9.17) is 4.74 Å². The van der Waals surface area contributed by atoms with Gasteiger partial charge in [0.1, 0.15) is 11.9 Å².